The predicted octanol–water partition coefficient (Wildman–Crippen LogP) is 1.74. The van der Waals surface area contributed by atoms with Crippen LogP contribution in [0.2, 0.25) is 0 Å². The minimum Gasteiger partial charge on any atom is -0.445 e. The third-order valence-electron chi connectivity index (χ3n) is 4.62. The van der Waals surface area contributed by atoms with Gasteiger partial charge in [-0.2, -0.15) is 12.6 Å². The van der Waals surface area contributed by atoms with Gasteiger partial charge in [0.25, 0.3) is 5.69 Å². The number of carbonyl (C=O) groups excluding carboxylic acids is 2. The molecule has 2 amide bonds. The van der Waals surface area contributed by atoms with E-state index in [1.165, 1.54) is 12.1 Å². The number of thiol groups is 1. The van der Waals surface area contributed by atoms with Crippen LogP contribution in [-0.4, -0.2) is 46.2 Å². The van der Waals surface area contributed by atoms with Crippen LogP contribution in [0.3, 0.4) is 0 Å². The Hall–Kier alpha value is -2.29. The van der Waals surface area contributed by atoms with Crippen molar-refractivity contribution in [2.75, 3.05) is 13.1 Å². The van der Waals surface area contributed by atoms with Gasteiger partial charge in [-0.3, -0.25) is 14.9 Å². The Kier molecular flexibility index (Phi) is 5.12. The normalized spacial score (nSPS) is 25.7. The summed E-state index contributed by atoms with van der Waals surface area (Å²) in [5, 5.41) is 13.5. The maximum Gasteiger partial charge on any atom is 0.410 e. The number of nitro groups is 1. The summed E-state index contributed by atoms with van der Waals surface area (Å²) in [7, 11) is 0. The highest BCUT2D eigenvalue weighted by molar-refractivity contribution is 7.81. The molecule has 8 nitrogen and oxygen atoms in total. The minimum atomic E-state index is -0.478. The van der Waals surface area contributed by atoms with Gasteiger partial charge in [0.05, 0.1) is 4.92 Å². The van der Waals surface area contributed by atoms with E-state index >= 15 is 0 Å². The van der Waals surface area contributed by atoms with Gasteiger partial charge in [0.1, 0.15) is 6.61 Å². The van der Waals surface area contributed by atoms with Crippen LogP contribution in [0.25, 0.3) is 0 Å². The van der Waals surface area contributed by atoms with E-state index in [4.69, 9.17) is 4.74 Å². The molecule has 0 spiro atoms. The zero-order chi connectivity index (χ0) is 18.0. The van der Waals surface area contributed by atoms with Crippen molar-refractivity contribution in [3.8, 4) is 0 Å². The van der Waals surface area contributed by atoms with Crippen LogP contribution in [0.15, 0.2) is 24.3 Å². The average Bonchev–Trinajstić information content (AvgIpc) is 3.18. The highest BCUT2D eigenvalue weighted by Gasteiger charge is 2.41. The molecule has 25 heavy (non-hydrogen) atoms. The molecule has 0 aromatic heterocycles. The summed E-state index contributed by atoms with van der Waals surface area (Å²) >= 11 is 4.47. The zero-order valence-electron chi connectivity index (χ0n) is 13.5. The zero-order valence-corrected chi connectivity index (χ0v) is 14.4. The van der Waals surface area contributed by atoms with Crippen molar-refractivity contribution in [2.45, 2.75) is 30.7 Å². The average molecular weight is 365 g/mol. The van der Waals surface area contributed by atoms with Gasteiger partial charge in [0.15, 0.2) is 0 Å². The number of non-ortho nitro benzene ring substituents is 1. The highest BCUT2D eigenvalue weighted by atomic mass is 32.1. The van der Waals surface area contributed by atoms with Crippen LogP contribution in [0, 0.1) is 16.0 Å². The van der Waals surface area contributed by atoms with Gasteiger partial charge in [-0.1, -0.05) is 0 Å². The van der Waals surface area contributed by atoms with Gasteiger partial charge < -0.3 is 15.0 Å². The SMILES string of the molecule is O=C1C[C@H]([C@@H]2C[C@H](S)CN2C(=O)OCc2ccc([N+](=O)[O-])cc2)CN1. The first-order valence-electron chi connectivity index (χ1n) is 8.05. The number of nitro benzene ring substituents is 1. The van der Waals surface area contributed by atoms with Gasteiger partial charge in [-0.05, 0) is 24.1 Å². The first kappa shape index (κ1) is 17.5. The summed E-state index contributed by atoms with van der Waals surface area (Å²) in [6.07, 6.45) is 0.700. The summed E-state index contributed by atoms with van der Waals surface area (Å²) in [5.41, 5.74) is 0.667. The molecule has 2 aliphatic heterocycles. The molecule has 0 unspecified atom stereocenters. The molecule has 3 atom stereocenters. The molecule has 2 aliphatic rings. The molecule has 0 saturated carbocycles. The third kappa shape index (κ3) is 4.04. The van der Waals surface area contributed by atoms with E-state index in [2.05, 4.69) is 17.9 Å². The van der Waals surface area contributed by atoms with Crippen molar-refractivity contribution >= 4 is 30.3 Å². The van der Waals surface area contributed by atoms with Crippen molar-refractivity contribution < 1.29 is 19.2 Å². The Morgan fingerprint density at radius 1 is 1.40 bits per heavy atom. The number of rotatable bonds is 4. The van der Waals surface area contributed by atoms with E-state index in [9.17, 15) is 19.7 Å². The van der Waals surface area contributed by atoms with Crippen LogP contribution < -0.4 is 5.32 Å². The number of amides is 2. The number of ether oxygens (including phenoxy) is 1. The molecular weight excluding hydrogens is 346 g/mol. The van der Waals surface area contributed by atoms with Crippen LogP contribution in [0.1, 0.15) is 18.4 Å². The summed E-state index contributed by atoms with van der Waals surface area (Å²) < 4.78 is 5.36. The molecule has 1 aromatic carbocycles. The molecule has 2 fully saturated rings. The Morgan fingerprint density at radius 3 is 2.72 bits per heavy atom. The second-order valence-electron chi connectivity index (χ2n) is 6.36. The molecule has 2 heterocycles. The first-order chi connectivity index (χ1) is 11.9. The Labute approximate surface area is 150 Å². The number of carbonyl (C=O) groups is 2. The van der Waals surface area contributed by atoms with Crippen molar-refractivity contribution in [1.82, 2.24) is 10.2 Å². The molecule has 2 saturated heterocycles. The fourth-order valence-electron chi connectivity index (χ4n) is 3.34. The lowest BCUT2D eigenvalue weighted by Gasteiger charge is -2.27. The van der Waals surface area contributed by atoms with Crippen molar-refractivity contribution in [3.63, 3.8) is 0 Å². The van der Waals surface area contributed by atoms with E-state index < -0.39 is 11.0 Å². The molecule has 9 heteroatoms. The Morgan fingerprint density at radius 2 is 2.12 bits per heavy atom. The largest absolute Gasteiger partial charge is 0.445 e. The van der Waals surface area contributed by atoms with E-state index in [-0.39, 0.29) is 35.4 Å². The Bertz CT molecular complexity index is 681. The second kappa shape index (κ2) is 7.30. The predicted molar refractivity (Wildman–Crippen MR) is 92.3 cm³/mol. The summed E-state index contributed by atoms with van der Waals surface area (Å²) in [6.45, 7) is 1.09. The van der Waals surface area contributed by atoms with E-state index in [1.54, 1.807) is 17.0 Å². The maximum absolute atomic E-state index is 12.4. The molecular formula is C16H19N3O5S. The lowest BCUT2D eigenvalue weighted by atomic mass is 9.97. The van der Waals surface area contributed by atoms with Crippen LogP contribution >= 0.6 is 12.6 Å². The molecule has 0 bridgehead atoms. The summed E-state index contributed by atoms with van der Waals surface area (Å²) in [6, 6.07) is 5.82. The smallest absolute Gasteiger partial charge is 0.410 e. The second-order valence-corrected chi connectivity index (χ2v) is 7.09. The molecule has 134 valence electrons. The molecule has 0 radical (unpaired) electrons. The molecule has 1 N–H and O–H groups in total. The number of nitrogens with zero attached hydrogens (tertiary/aromatic N) is 2. The standard InChI is InChI=1S/C16H19N3O5S/c20-15-5-11(7-17-15)14-6-13(25)8-18(14)16(21)24-9-10-1-3-12(4-2-10)19(22)23/h1-4,11,13-14,25H,5-9H2,(H,17,20)/t11-,13-,14-/m0/s1. The van der Waals surface area contributed by atoms with Gasteiger partial charge in [-0.15, -0.1) is 0 Å². The number of nitrogens with one attached hydrogen (secondary N) is 1. The number of benzene rings is 1. The maximum atomic E-state index is 12.4. The number of hydrogen-bond acceptors (Lipinski definition) is 6. The molecule has 0 aliphatic carbocycles. The first-order valence-corrected chi connectivity index (χ1v) is 8.57. The van der Waals surface area contributed by atoms with Gasteiger partial charge in [0.2, 0.25) is 5.91 Å². The molecule has 3 rings (SSSR count). The van der Waals surface area contributed by atoms with Gasteiger partial charge in [-0.25, -0.2) is 4.79 Å². The number of hydrogen-bond donors (Lipinski definition) is 2. The van der Waals surface area contributed by atoms with Crippen molar-refractivity contribution in [2.24, 2.45) is 5.92 Å². The highest BCUT2D eigenvalue weighted by Crippen LogP contribution is 2.31. The monoisotopic (exact) mass is 365 g/mol. The van der Waals surface area contributed by atoms with Gasteiger partial charge >= 0.3 is 6.09 Å². The van der Waals surface area contributed by atoms with E-state index in [0.717, 1.165) is 6.42 Å². The quantitative estimate of drug-likeness (QED) is 0.481. The fourth-order valence-corrected chi connectivity index (χ4v) is 3.73. The van der Waals surface area contributed by atoms with Gasteiger partial charge in [0, 0.05) is 48.9 Å². The van der Waals surface area contributed by atoms with Crippen LogP contribution in [0.4, 0.5) is 10.5 Å². The van der Waals surface area contributed by atoms with Crippen LogP contribution in [-0.2, 0) is 16.1 Å². The van der Waals surface area contributed by atoms with Crippen LogP contribution in [0.5, 0.6) is 0 Å². The Balaban J connectivity index is 1.59. The fraction of sp³-hybridized carbons (Fsp3) is 0.500. The van der Waals surface area contributed by atoms with E-state index in [1.807, 2.05) is 0 Å². The lowest BCUT2D eigenvalue weighted by Crippen LogP contribution is -2.41. The molecule has 1 aromatic rings. The minimum absolute atomic E-state index is 0.00631. The summed E-state index contributed by atoms with van der Waals surface area (Å²) in [4.78, 5) is 35.7. The lowest BCUT2D eigenvalue weighted by molar-refractivity contribution is -0.384. The topological polar surface area (TPSA) is 102 Å². The number of likely N-dealkylation sites (tertiary alicyclic amines) is 1. The summed E-state index contributed by atoms with van der Waals surface area (Å²) in [5.74, 6) is 0.0865. The van der Waals surface area contributed by atoms with Crippen molar-refractivity contribution in [3.05, 3.63) is 39.9 Å². The van der Waals surface area contributed by atoms with E-state index in [0.29, 0.717) is 25.1 Å². The third-order valence-corrected chi connectivity index (χ3v) is 4.99. The van der Waals surface area contributed by atoms with Crippen molar-refractivity contribution in [1.29, 1.82) is 0 Å².